The molecule has 3 aromatic heterocycles. The Morgan fingerprint density at radius 1 is 0.940 bits per heavy atom. The van der Waals surface area contributed by atoms with Crippen LogP contribution in [0.4, 0.5) is 15.9 Å². The number of pyridine rings is 2. The molecule has 6 aromatic rings. The fraction of sp³-hybridized carbons (Fsp3) is 0.243. The molecule has 0 aliphatic carbocycles. The van der Waals surface area contributed by atoms with Crippen LogP contribution in [0.5, 0.6) is 28.9 Å². The molecule has 0 radical (unpaired) electrons. The number of hydrogen-bond donors (Lipinski definition) is 2. The molecular formula is C37H35FN6O6. The maximum Gasteiger partial charge on any atom is 0.230 e. The molecule has 1 aliphatic heterocycles. The summed E-state index contributed by atoms with van der Waals surface area (Å²) in [4.78, 5) is 32.2. The topological polar surface area (TPSA) is 133 Å². The minimum absolute atomic E-state index is 0.0511. The molecule has 13 heteroatoms. The van der Waals surface area contributed by atoms with Crippen LogP contribution in [0, 0.1) is 5.82 Å². The molecule has 1 saturated heterocycles. The van der Waals surface area contributed by atoms with Crippen molar-refractivity contribution in [3.05, 3.63) is 95.4 Å². The van der Waals surface area contributed by atoms with Gasteiger partial charge in [0.15, 0.2) is 23.1 Å². The van der Waals surface area contributed by atoms with Crippen molar-refractivity contribution in [3.8, 4) is 40.0 Å². The first-order chi connectivity index (χ1) is 24.5. The van der Waals surface area contributed by atoms with Crippen molar-refractivity contribution < 1.29 is 28.1 Å². The molecule has 0 unspecified atom stereocenters. The van der Waals surface area contributed by atoms with Crippen molar-refractivity contribution in [2.24, 2.45) is 0 Å². The third-order valence-electron chi connectivity index (χ3n) is 8.46. The number of rotatable bonds is 12. The SMILES string of the molecule is COc1ccc(-c2c[nH]c3ccnc(Nc4ccc(Oc5ncnc6cc(OC)c(OCCCN7CCOCC7)cc56)c(F)c4)c3c2=O)cc1. The molecular weight excluding hydrogens is 643 g/mol. The molecule has 0 amide bonds. The number of fused-ring (bicyclic) bond motifs is 2. The molecule has 12 nitrogen and oxygen atoms in total. The van der Waals surface area contributed by atoms with Crippen LogP contribution in [0.15, 0.2) is 84.2 Å². The maximum atomic E-state index is 15.6. The van der Waals surface area contributed by atoms with Crippen molar-refractivity contribution in [1.29, 1.82) is 0 Å². The van der Waals surface area contributed by atoms with Crippen LogP contribution < -0.4 is 29.7 Å². The average molecular weight is 679 g/mol. The average Bonchev–Trinajstić information content (AvgIpc) is 3.15. The molecule has 7 rings (SSSR count). The van der Waals surface area contributed by atoms with Gasteiger partial charge in [0, 0.05) is 55.4 Å². The highest BCUT2D eigenvalue weighted by Crippen LogP contribution is 2.37. The van der Waals surface area contributed by atoms with Crippen molar-refractivity contribution in [1.82, 2.24) is 24.8 Å². The molecule has 50 heavy (non-hydrogen) atoms. The Hall–Kier alpha value is -5.79. The Morgan fingerprint density at radius 3 is 2.56 bits per heavy atom. The molecule has 0 saturated carbocycles. The standard InChI is InChI=1S/C37H35FN6O6/c1-46-25-7-4-23(5-8-25)27-21-40-29-10-11-39-36(34(29)35(27)45)43-24-6-9-31(28(38)18-24)50-37-26-19-33(32(47-2)20-30(26)41-22-42-37)49-15-3-12-44-13-16-48-17-14-44/h4-11,18-22H,3,12-17H2,1-2H3,(H,39,43)(H,40,45). The Labute approximate surface area is 286 Å². The zero-order chi connectivity index (χ0) is 34.5. The third-order valence-corrected chi connectivity index (χ3v) is 8.46. The fourth-order valence-corrected chi connectivity index (χ4v) is 5.83. The predicted octanol–water partition coefficient (Wildman–Crippen LogP) is 6.33. The van der Waals surface area contributed by atoms with E-state index < -0.39 is 5.82 Å². The van der Waals surface area contributed by atoms with Crippen LogP contribution in [0.1, 0.15) is 6.42 Å². The van der Waals surface area contributed by atoms with Crippen LogP contribution in [0.2, 0.25) is 0 Å². The van der Waals surface area contributed by atoms with E-state index in [2.05, 4.69) is 30.2 Å². The van der Waals surface area contributed by atoms with Gasteiger partial charge in [-0.15, -0.1) is 0 Å². The summed E-state index contributed by atoms with van der Waals surface area (Å²) in [5.74, 6) is 1.44. The smallest absolute Gasteiger partial charge is 0.230 e. The Morgan fingerprint density at radius 2 is 1.78 bits per heavy atom. The Balaban J connectivity index is 1.10. The molecule has 0 spiro atoms. The van der Waals surface area contributed by atoms with Crippen molar-refractivity contribution in [3.63, 3.8) is 0 Å². The number of ether oxygens (including phenoxy) is 5. The Kier molecular flexibility index (Phi) is 9.67. The van der Waals surface area contributed by atoms with E-state index in [-0.39, 0.29) is 22.9 Å². The third kappa shape index (κ3) is 7.00. The minimum Gasteiger partial charge on any atom is -0.497 e. The molecule has 0 atom stereocenters. The quantitative estimate of drug-likeness (QED) is 0.141. The number of aromatic amines is 1. The maximum absolute atomic E-state index is 15.6. The van der Waals surface area contributed by atoms with Crippen molar-refractivity contribution >= 4 is 33.3 Å². The first-order valence-electron chi connectivity index (χ1n) is 16.2. The van der Waals surface area contributed by atoms with Gasteiger partial charge in [0.25, 0.3) is 0 Å². The second-order valence-corrected chi connectivity index (χ2v) is 11.6. The van der Waals surface area contributed by atoms with Gasteiger partial charge in [-0.2, -0.15) is 0 Å². The number of hydrogen-bond acceptors (Lipinski definition) is 11. The second-order valence-electron chi connectivity index (χ2n) is 11.6. The Bertz CT molecular complexity index is 2190. The fourth-order valence-electron chi connectivity index (χ4n) is 5.83. The summed E-state index contributed by atoms with van der Waals surface area (Å²) in [6.07, 6.45) is 5.40. The lowest BCUT2D eigenvalue weighted by Crippen LogP contribution is -2.37. The van der Waals surface area contributed by atoms with E-state index in [1.165, 1.54) is 18.5 Å². The van der Waals surface area contributed by atoms with Crippen molar-refractivity contribution in [2.45, 2.75) is 6.42 Å². The van der Waals surface area contributed by atoms with Crippen LogP contribution in [-0.2, 0) is 4.74 Å². The summed E-state index contributed by atoms with van der Waals surface area (Å²) in [5.41, 5.74) is 2.45. The number of morpholine rings is 1. The van der Waals surface area contributed by atoms with Gasteiger partial charge >= 0.3 is 0 Å². The molecule has 1 fully saturated rings. The number of nitrogens with zero attached hydrogens (tertiary/aromatic N) is 4. The molecule has 3 aromatic carbocycles. The first kappa shape index (κ1) is 32.7. The number of nitrogens with one attached hydrogen (secondary N) is 2. The zero-order valence-corrected chi connectivity index (χ0v) is 27.6. The molecule has 0 bridgehead atoms. The monoisotopic (exact) mass is 678 g/mol. The lowest BCUT2D eigenvalue weighted by Gasteiger charge is -2.26. The lowest BCUT2D eigenvalue weighted by atomic mass is 10.0. The van der Waals surface area contributed by atoms with E-state index in [1.807, 2.05) is 12.1 Å². The number of halogens is 1. The van der Waals surface area contributed by atoms with Gasteiger partial charge in [0.05, 0.1) is 55.8 Å². The minimum atomic E-state index is -0.650. The van der Waals surface area contributed by atoms with Crippen LogP contribution in [0.25, 0.3) is 32.9 Å². The summed E-state index contributed by atoms with van der Waals surface area (Å²) >= 11 is 0. The van der Waals surface area contributed by atoms with Crippen LogP contribution in [-0.4, -0.2) is 78.5 Å². The van der Waals surface area contributed by atoms with E-state index >= 15 is 4.39 Å². The summed E-state index contributed by atoms with van der Waals surface area (Å²) < 4.78 is 43.9. The summed E-state index contributed by atoms with van der Waals surface area (Å²) in [6.45, 7) is 4.70. The van der Waals surface area contributed by atoms with E-state index in [0.717, 1.165) is 44.8 Å². The molecule has 256 valence electrons. The van der Waals surface area contributed by atoms with Gasteiger partial charge in [0.2, 0.25) is 11.3 Å². The van der Waals surface area contributed by atoms with Gasteiger partial charge in [-0.05, 0) is 48.4 Å². The van der Waals surface area contributed by atoms with E-state index in [0.29, 0.717) is 56.9 Å². The van der Waals surface area contributed by atoms with Gasteiger partial charge in [-0.3, -0.25) is 9.69 Å². The van der Waals surface area contributed by atoms with E-state index in [9.17, 15) is 4.79 Å². The van der Waals surface area contributed by atoms with E-state index in [1.54, 1.807) is 63.0 Å². The normalized spacial score (nSPS) is 13.3. The largest absolute Gasteiger partial charge is 0.497 e. The summed E-state index contributed by atoms with van der Waals surface area (Å²) in [7, 11) is 3.15. The highest BCUT2D eigenvalue weighted by Gasteiger charge is 2.17. The first-order valence-corrected chi connectivity index (χ1v) is 16.2. The highest BCUT2D eigenvalue weighted by molar-refractivity contribution is 5.93. The number of H-pyrrole nitrogens is 1. The number of aromatic nitrogens is 4. The molecule has 4 heterocycles. The van der Waals surface area contributed by atoms with Gasteiger partial charge in [-0.25, -0.2) is 19.3 Å². The molecule has 2 N–H and O–H groups in total. The summed E-state index contributed by atoms with van der Waals surface area (Å²) in [5, 5.41) is 3.97. The van der Waals surface area contributed by atoms with Crippen LogP contribution >= 0.6 is 0 Å². The highest BCUT2D eigenvalue weighted by atomic mass is 19.1. The summed E-state index contributed by atoms with van der Waals surface area (Å²) in [6, 6.07) is 16.8. The van der Waals surface area contributed by atoms with Gasteiger partial charge < -0.3 is 34.0 Å². The number of methoxy groups -OCH3 is 2. The molecule has 1 aliphatic rings. The number of benzene rings is 3. The van der Waals surface area contributed by atoms with Crippen LogP contribution in [0.3, 0.4) is 0 Å². The van der Waals surface area contributed by atoms with Gasteiger partial charge in [0.1, 0.15) is 17.9 Å². The second kappa shape index (κ2) is 14.8. The van der Waals surface area contributed by atoms with Gasteiger partial charge in [-0.1, -0.05) is 12.1 Å². The van der Waals surface area contributed by atoms with E-state index in [4.69, 9.17) is 23.7 Å². The number of anilines is 2. The van der Waals surface area contributed by atoms with Crippen molar-refractivity contribution in [2.75, 3.05) is 59.0 Å². The zero-order valence-electron chi connectivity index (χ0n) is 27.6. The lowest BCUT2D eigenvalue weighted by molar-refractivity contribution is 0.0357. The predicted molar refractivity (Wildman–Crippen MR) is 188 cm³/mol.